The van der Waals surface area contributed by atoms with Gasteiger partial charge in [0.2, 0.25) is 5.95 Å². The van der Waals surface area contributed by atoms with Crippen LogP contribution in [0.3, 0.4) is 0 Å². The van der Waals surface area contributed by atoms with Crippen molar-refractivity contribution in [1.82, 2.24) is 9.97 Å². The molecule has 1 aromatic heterocycles. The number of benzene rings is 1. The number of anilines is 3. The first-order valence-corrected chi connectivity index (χ1v) is 8.34. The van der Waals surface area contributed by atoms with E-state index in [9.17, 15) is 4.39 Å². The average Bonchev–Trinajstić information content (AvgIpc) is 2.78. The first kappa shape index (κ1) is 15.7. The average molecular weight is 314 g/mol. The van der Waals surface area contributed by atoms with E-state index < -0.39 is 0 Å². The zero-order valence-electron chi connectivity index (χ0n) is 13.5. The van der Waals surface area contributed by atoms with Crippen LogP contribution >= 0.6 is 0 Å². The van der Waals surface area contributed by atoms with Gasteiger partial charge < -0.3 is 10.6 Å². The van der Waals surface area contributed by atoms with Crippen molar-refractivity contribution < 1.29 is 4.39 Å². The number of nitrogens with zero attached hydrogens (tertiary/aromatic N) is 2. The van der Waals surface area contributed by atoms with Gasteiger partial charge in [-0.1, -0.05) is 25.7 Å². The Morgan fingerprint density at radius 3 is 2.39 bits per heavy atom. The Kier molecular flexibility index (Phi) is 5.05. The number of halogens is 1. The molecule has 122 valence electrons. The lowest BCUT2D eigenvalue weighted by Gasteiger charge is -2.17. The first-order valence-electron chi connectivity index (χ1n) is 8.34. The number of rotatable bonds is 4. The fourth-order valence-corrected chi connectivity index (χ4v) is 2.99. The van der Waals surface area contributed by atoms with E-state index in [-0.39, 0.29) is 5.82 Å². The molecular formula is C18H23FN4. The number of hydrogen-bond donors (Lipinski definition) is 2. The van der Waals surface area contributed by atoms with E-state index in [2.05, 4.69) is 20.6 Å². The fraction of sp³-hybridized carbons (Fsp3) is 0.444. The molecule has 1 fully saturated rings. The van der Waals surface area contributed by atoms with Crippen molar-refractivity contribution in [3.63, 3.8) is 0 Å². The summed E-state index contributed by atoms with van der Waals surface area (Å²) in [6.45, 7) is 1.95. The molecule has 3 rings (SSSR count). The van der Waals surface area contributed by atoms with Crippen LogP contribution in [0, 0.1) is 12.7 Å². The molecule has 0 spiro atoms. The molecule has 2 aromatic rings. The molecule has 0 aliphatic heterocycles. The van der Waals surface area contributed by atoms with Gasteiger partial charge in [0.25, 0.3) is 0 Å². The smallest absolute Gasteiger partial charge is 0.229 e. The summed E-state index contributed by atoms with van der Waals surface area (Å²) >= 11 is 0. The second-order valence-corrected chi connectivity index (χ2v) is 6.18. The van der Waals surface area contributed by atoms with Crippen LogP contribution in [0.15, 0.2) is 30.3 Å². The van der Waals surface area contributed by atoms with E-state index in [1.54, 1.807) is 12.1 Å². The van der Waals surface area contributed by atoms with Crippen LogP contribution in [0.1, 0.15) is 44.2 Å². The van der Waals surface area contributed by atoms with Crippen LogP contribution in [0.25, 0.3) is 0 Å². The second-order valence-electron chi connectivity index (χ2n) is 6.18. The number of aromatic nitrogens is 2. The molecule has 1 aliphatic rings. The highest BCUT2D eigenvalue weighted by Crippen LogP contribution is 2.22. The van der Waals surface area contributed by atoms with E-state index in [1.807, 2.05) is 13.0 Å². The SMILES string of the molecule is Cc1cc(NC2CCCCCC2)nc(Nc2ccc(F)cc2)n1. The summed E-state index contributed by atoms with van der Waals surface area (Å²) in [5.41, 5.74) is 1.68. The Balaban J connectivity index is 1.71. The third kappa shape index (κ3) is 4.65. The first-order chi connectivity index (χ1) is 11.2. The molecule has 0 atom stereocenters. The minimum absolute atomic E-state index is 0.253. The fourth-order valence-electron chi connectivity index (χ4n) is 2.99. The van der Waals surface area contributed by atoms with Gasteiger partial charge in [-0.2, -0.15) is 4.98 Å². The summed E-state index contributed by atoms with van der Waals surface area (Å²) in [5, 5.41) is 6.68. The van der Waals surface area contributed by atoms with E-state index in [0.717, 1.165) is 17.2 Å². The van der Waals surface area contributed by atoms with Crippen molar-refractivity contribution in [3.8, 4) is 0 Å². The van der Waals surface area contributed by atoms with Gasteiger partial charge in [0.15, 0.2) is 0 Å². The summed E-state index contributed by atoms with van der Waals surface area (Å²) in [5.74, 6) is 1.14. The van der Waals surface area contributed by atoms with Crippen LogP contribution < -0.4 is 10.6 Å². The maximum Gasteiger partial charge on any atom is 0.229 e. The Labute approximate surface area is 136 Å². The Morgan fingerprint density at radius 1 is 1.00 bits per heavy atom. The minimum Gasteiger partial charge on any atom is -0.367 e. The standard InChI is InChI=1S/C18H23FN4/c1-13-12-17(21-15-6-4-2-3-5-7-15)23-18(20-13)22-16-10-8-14(19)9-11-16/h8-12,15H,2-7H2,1H3,(H2,20,21,22,23). The van der Waals surface area contributed by atoms with Gasteiger partial charge in [-0.05, 0) is 44.0 Å². The highest BCUT2D eigenvalue weighted by Gasteiger charge is 2.13. The summed E-state index contributed by atoms with van der Waals surface area (Å²) < 4.78 is 13.0. The van der Waals surface area contributed by atoms with Gasteiger partial charge in [-0.15, -0.1) is 0 Å². The van der Waals surface area contributed by atoms with Crippen LogP contribution in [0.2, 0.25) is 0 Å². The van der Waals surface area contributed by atoms with Crippen LogP contribution in [0.5, 0.6) is 0 Å². The molecular weight excluding hydrogens is 291 g/mol. The summed E-state index contributed by atoms with van der Waals surface area (Å²) in [7, 11) is 0. The van der Waals surface area contributed by atoms with Gasteiger partial charge in [0.1, 0.15) is 11.6 Å². The van der Waals surface area contributed by atoms with Crippen LogP contribution in [-0.4, -0.2) is 16.0 Å². The van der Waals surface area contributed by atoms with Gasteiger partial charge in [0.05, 0.1) is 0 Å². The van der Waals surface area contributed by atoms with Gasteiger partial charge in [-0.3, -0.25) is 0 Å². The van der Waals surface area contributed by atoms with Crippen molar-refractivity contribution in [2.75, 3.05) is 10.6 Å². The molecule has 0 saturated heterocycles. The lowest BCUT2D eigenvalue weighted by molar-refractivity contribution is 0.617. The van der Waals surface area contributed by atoms with Gasteiger partial charge >= 0.3 is 0 Å². The molecule has 1 saturated carbocycles. The maximum absolute atomic E-state index is 13.0. The van der Waals surface area contributed by atoms with Gasteiger partial charge in [-0.25, -0.2) is 9.37 Å². The van der Waals surface area contributed by atoms with E-state index in [1.165, 1.54) is 50.7 Å². The lowest BCUT2D eigenvalue weighted by Crippen LogP contribution is -2.19. The zero-order chi connectivity index (χ0) is 16.1. The van der Waals surface area contributed by atoms with Crippen LogP contribution in [-0.2, 0) is 0 Å². The van der Waals surface area contributed by atoms with Crippen molar-refractivity contribution in [1.29, 1.82) is 0 Å². The van der Waals surface area contributed by atoms with Crippen molar-refractivity contribution in [3.05, 3.63) is 41.8 Å². The van der Waals surface area contributed by atoms with E-state index in [4.69, 9.17) is 0 Å². The predicted octanol–water partition coefficient (Wildman–Crippen LogP) is 4.80. The largest absolute Gasteiger partial charge is 0.367 e. The van der Waals surface area contributed by atoms with Gasteiger partial charge in [0, 0.05) is 23.5 Å². The van der Waals surface area contributed by atoms with Crippen LogP contribution in [0.4, 0.5) is 21.8 Å². The zero-order valence-corrected chi connectivity index (χ0v) is 13.5. The molecule has 0 unspecified atom stereocenters. The summed E-state index contributed by atoms with van der Waals surface area (Å²) in [6, 6.07) is 8.66. The van der Waals surface area contributed by atoms with Crippen molar-refractivity contribution >= 4 is 17.5 Å². The number of nitrogens with one attached hydrogen (secondary N) is 2. The quantitative estimate of drug-likeness (QED) is 0.796. The van der Waals surface area contributed by atoms with Crippen molar-refractivity contribution in [2.24, 2.45) is 0 Å². The third-order valence-electron chi connectivity index (χ3n) is 4.16. The lowest BCUT2D eigenvalue weighted by atomic mass is 10.1. The summed E-state index contributed by atoms with van der Waals surface area (Å²) in [6.07, 6.45) is 7.62. The number of hydrogen-bond acceptors (Lipinski definition) is 4. The second kappa shape index (κ2) is 7.40. The topological polar surface area (TPSA) is 49.8 Å². The Hall–Kier alpha value is -2.17. The normalized spacial score (nSPS) is 15.9. The highest BCUT2D eigenvalue weighted by molar-refractivity contribution is 5.55. The molecule has 0 amide bonds. The van der Waals surface area contributed by atoms with E-state index >= 15 is 0 Å². The Bertz CT molecular complexity index is 634. The predicted molar refractivity (Wildman–Crippen MR) is 91.6 cm³/mol. The molecule has 0 bridgehead atoms. The molecule has 2 N–H and O–H groups in total. The summed E-state index contributed by atoms with van der Waals surface area (Å²) in [4.78, 5) is 8.96. The minimum atomic E-state index is -0.253. The number of aryl methyl sites for hydroxylation is 1. The molecule has 1 aliphatic carbocycles. The highest BCUT2D eigenvalue weighted by atomic mass is 19.1. The Morgan fingerprint density at radius 2 is 1.70 bits per heavy atom. The molecule has 0 radical (unpaired) electrons. The molecule has 1 heterocycles. The maximum atomic E-state index is 13.0. The molecule has 23 heavy (non-hydrogen) atoms. The molecule has 1 aromatic carbocycles. The molecule has 5 heteroatoms. The monoisotopic (exact) mass is 314 g/mol. The third-order valence-corrected chi connectivity index (χ3v) is 4.16. The molecule has 4 nitrogen and oxygen atoms in total. The van der Waals surface area contributed by atoms with E-state index in [0.29, 0.717) is 12.0 Å². The van der Waals surface area contributed by atoms with Crippen molar-refractivity contribution in [2.45, 2.75) is 51.5 Å².